The molecule has 4 aliphatic rings. The summed E-state index contributed by atoms with van der Waals surface area (Å²) in [6.45, 7) is 1.12. The molecular weight excluding hydrogens is 473 g/mol. The molecule has 3 N–H and O–H groups in total. The number of ether oxygens (including phenoxy) is 3. The monoisotopic (exact) mass is 498 g/mol. The van der Waals surface area contributed by atoms with Crippen molar-refractivity contribution < 1.29 is 37.0 Å². The molecule has 35 heavy (non-hydrogen) atoms. The van der Waals surface area contributed by atoms with Crippen LogP contribution in [-0.4, -0.2) is 63.0 Å². The van der Waals surface area contributed by atoms with Crippen molar-refractivity contribution in [2.45, 2.75) is 63.3 Å². The molecule has 3 heterocycles. The highest BCUT2D eigenvalue weighted by Crippen LogP contribution is 2.56. The minimum absolute atomic E-state index is 0.0272. The number of nitrogens with zero attached hydrogens (tertiary/aromatic N) is 3. The Kier molecular flexibility index (Phi) is 5.95. The molecule has 11 nitrogen and oxygen atoms in total. The van der Waals surface area contributed by atoms with Gasteiger partial charge in [-0.3, -0.25) is 14.6 Å². The molecule has 190 valence electrons. The molecular formula is C21H25F3N6O5. The van der Waals surface area contributed by atoms with Crippen molar-refractivity contribution >= 4 is 17.8 Å². The van der Waals surface area contributed by atoms with Gasteiger partial charge in [-0.1, -0.05) is 0 Å². The summed E-state index contributed by atoms with van der Waals surface area (Å²) in [6, 6.07) is 1.61. The Bertz CT molecular complexity index is 1100. The Hall–Kier alpha value is -3.13. The molecule has 4 fully saturated rings. The second-order valence-electron chi connectivity index (χ2n) is 9.29. The number of amides is 2. The van der Waals surface area contributed by atoms with Gasteiger partial charge >= 0.3 is 12.5 Å². The summed E-state index contributed by atoms with van der Waals surface area (Å²) in [5.74, 6) is 0.779. The number of hydrogen-bond acceptors (Lipinski definition) is 7. The second-order valence-corrected chi connectivity index (χ2v) is 9.29. The Morgan fingerprint density at radius 3 is 2.80 bits per heavy atom. The lowest BCUT2D eigenvalue weighted by Crippen LogP contribution is -2.68. The SMILES string of the molecule is Cc1nc(C(=O)Nc2cc([C@H]3C[C@@H](OC(=O)NC45CC(C4)C5)CO3)[nH]n2)cn1CCOC(F)(F)F. The first kappa shape index (κ1) is 23.6. The van der Waals surface area contributed by atoms with Crippen LogP contribution in [0.5, 0.6) is 0 Å². The number of alkyl carbamates (subject to hydrolysis) is 1. The maximum absolute atomic E-state index is 12.5. The fourth-order valence-electron chi connectivity index (χ4n) is 4.78. The third-order valence-corrected chi connectivity index (χ3v) is 6.63. The van der Waals surface area contributed by atoms with E-state index < -0.39 is 25.0 Å². The topological polar surface area (TPSA) is 132 Å². The number of rotatable bonds is 8. The second kappa shape index (κ2) is 8.82. The number of nitrogens with one attached hydrogen (secondary N) is 3. The van der Waals surface area contributed by atoms with Gasteiger partial charge in [-0.15, -0.1) is 13.2 Å². The van der Waals surface area contributed by atoms with Crippen LogP contribution in [0.2, 0.25) is 0 Å². The minimum atomic E-state index is -4.72. The molecule has 0 aromatic carbocycles. The number of aromatic nitrogens is 4. The number of aromatic amines is 1. The molecule has 0 spiro atoms. The van der Waals surface area contributed by atoms with E-state index in [0.29, 0.717) is 17.9 Å². The Labute approximate surface area is 197 Å². The normalized spacial score (nSPS) is 27.1. The highest BCUT2D eigenvalue weighted by atomic mass is 19.4. The van der Waals surface area contributed by atoms with E-state index in [1.807, 2.05) is 0 Å². The van der Waals surface area contributed by atoms with Gasteiger partial charge in [0.25, 0.3) is 5.91 Å². The summed E-state index contributed by atoms with van der Waals surface area (Å²) in [4.78, 5) is 28.7. The van der Waals surface area contributed by atoms with E-state index in [2.05, 4.69) is 30.6 Å². The molecule has 6 rings (SSSR count). The van der Waals surface area contributed by atoms with Crippen molar-refractivity contribution in [3.63, 3.8) is 0 Å². The molecule has 3 aliphatic carbocycles. The van der Waals surface area contributed by atoms with Gasteiger partial charge < -0.3 is 24.7 Å². The third-order valence-electron chi connectivity index (χ3n) is 6.63. The van der Waals surface area contributed by atoms with Gasteiger partial charge in [0.15, 0.2) is 5.82 Å². The van der Waals surface area contributed by atoms with Crippen molar-refractivity contribution in [3.8, 4) is 0 Å². The average Bonchev–Trinajstić information content (AvgIpc) is 3.44. The number of hydrogen-bond donors (Lipinski definition) is 3. The first-order valence-corrected chi connectivity index (χ1v) is 11.3. The number of H-pyrrole nitrogens is 1. The lowest BCUT2D eigenvalue weighted by atomic mass is 9.50. The Morgan fingerprint density at radius 1 is 1.34 bits per heavy atom. The molecule has 2 aromatic rings. The number of carbonyl (C=O) groups excluding carboxylic acids is 2. The minimum Gasteiger partial charge on any atom is -0.444 e. The van der Waals surface area contributed by atoms with Gasteiger partial charge in [-0.2, -0.15) is 5.10 Å². The van der Waals surface area contributed by atoms with E-state index in [1.165, 1.54) is 10.8 Å². The zero-order valence-electron chi connectivity index (χ0n) is 18.9. The van der Waals surface area contributed by atoms with Gasteiger partial charge in [0.2, 0.25) is 0 Å². The third kappa shape index (κ3) is 5.27. The zero-order valence-corrected chi connectivity index (χ0v) is 18.9. The van der Waals surface area contributed by atoms with Crippen molar-refractivity contribution in [2.75, 3.05) is 18.5 Å². The van der Waals surface area contributed by atoms with Crippen molar-refractivity contribution in [2.24, 2.45) is 5.92 Å². The van der Waals surface area contributed by atoms with E-state index in [-0.39, 0.29) is 42.4 Å². The maximum atomic E-state index is 12.5. The van der Waals surface area contributed by atoms with Gasteiger partial charge in [-0.05, 0) is 32.1 Å². The lowest BCUT2D eigenvalue weighted by Gasteiger charge is -2.61. The fourth-order valence-corrected chi connectivity index (χ4v) is 4.78. The van der Waals surface area contributed by atoms with Crippen molar-refractivity contribution in [1.29, 1.82) is 0 Å². The average molecular weight is 498 g/mol. The first-order valence-electron chi connectivity index (χ1n) is 11.3. The quantitative estimate of drug-likeness (QED) is 0.510. The predicted octanol–water partition coefficient (Wildman–Crippen LogP) is 2.81. The van der Waals surface area contributed by atoms with E-state index in [0.717, 1.165) is 25.2 Å². The summed E-state index contributed by atoms with van der Waals surface area (Å²) in [5, 5.41) is 12.4. The summed E-state index contributed by atoms with van der Waals surface area (Å²) in [5.41, 5.74) is 0.582. The van der Waals surface area contributed by atoms with Crippen LogP contribution in [0.15, 0.2) is 12.3 Å². The van der Waals surface area contributed by atoms with Crippen molar-refractivity contribution in [1.82, 2.24) is 25.1 Å². The number of aryl methyl sites for hydroxylation is 1. The maximum Gasteiger partial charge on any atom is 0.522 e. The molecule has 1 aliphatic heterocycles. The molecule has 0 radical (unpaired) electrons. The van der Waals surface area contributed by atoms with Gasteiger partial charge in [0.05, 0.1) is 18.9 Å². The fraction of sp³-hybridized carbons (Fsp3) is 0.619. The number of halogens is 3. The molecule has 2 amide bonds. The van der Waals surface area contributed by atoms with Gasteiger partial charge in [-0.25, -0.2) is 9.78 Å². The molecule has 0 unspecified atom stereocenters. The van der Waals surface area contributed by atoms with Crippen molar-refractivity contribution in [3.05, 3.63) is 29.5 Å². The highest BCUT2D eigenvalue weighted by Gasteiger charge is 2.57. The first-order chi connectivity index (χ1) is 16.6. The Morgan fingerprint density at radius 2 is 2.11 bits per heavy atom. The molecule has 2 atom stereocenters. The van der Waals surface area contributed by atoms with Crippen LogP contribution in [0, 0.1) is 12.8 Å². The summed E-state index contributed by atoms with van der Waals surface area (Å²) in [7, 11) is 0. The van der Waals surface area contributed by atoms with E-state index >= 15 is 0 Å². The zero-order chi connectivity index (χ0) is 24.8. The van der Waals surface area contributed by atoms with E-state index in [9.17, 15) is 22.8 Å². The molecule has 2 aromatic heterocycles. The smallest absolute Gasteiger partial charge is 0.444 e. The lowest BCUT2D eigenvalue weighted by molar-refractivity contribution is -0.325. The molecule has 1 saturated heterocycles. The number of alkyl halides is 3. The predicted molar refractivity (Wildman–Crippen MR) is 112 cm³/mol. The van der Waals surface area contributed by atoms with Gasteiger partial charge in [0, 0.05) is 30.8 Å². The highest BCUT2D eigenvalue weighted by molar-refractivity contribution is 6.02. The summed E-state index contributed by atoms with van der Waals surface area (Å²) >= 11 is 0. The van der Waals surface area contributed by atoms with E-state index in [4.69, 9.17) is 9.47 Å². The number of imidazole rings is 1. The summed E-state index contributed by atoms with van der Waals surface area (Å²) < 4.78 is 52.8. The van der Waals surface area contributed by atoms with Crippen LogP contribution >= 0.6 is 0 Å². The number of carbonyl (C=O) groups is 2. The number of anilines is 1. The van der Waals surface area contributed by atoms with Crippen LogP contribution < -0.4 is 10.6 Å². The standard InChI is InChI=1S/C21H25F3N6O5/c1-11-25-15(9-30(11)2-3-34-21(22,23)24)18(31)26-17-5-14(28-29-17)16-4-13(10-33-16)35-19(32)27-20-6-12(7-20)8-20/h5,9,12-13,16H,2-4,6-8,10H2,1H3,(H,27,32)(H2,26,28,29,31)/t12?,13-,16-,20?/m1/s1. The van der Waals surface area contributed by atoms with Crippen LogP contribution in [0.4, 0.5) is 23.8 Å². The summed E-state index contributed by atoms with van der Waals surface area (Å²) in [6.07, 6.45) is -1.03. The molecule has 3 saturated carbocycles. The van der Waals surface area contributed by atoms with Crippen LogP contribution in [0.3, 0.4) is 0 Å². The van der Waals surface area contributed by atoms with Crippen LogP contribution in [0.1, 0.15) is 53.8 Å². The Balaban J connectivity index is 1.10. The van der Waals surface area contributed by atoms with Crippen LogP contribution in [0.25, 0.3) is 0 Å². The molecule has 14 heteroatoms. The largest absolute Gasteiger partial charge is 0.522 e. The van der Waals surface area contributed by atoms with E-state index in [1.54, 1.807) is 13.0 Å². The van der Waals surface area contributed by atoms with Gasteiger partial charge in [0.1, 0.15) is 23.7 Å². The van der Waals surface area contributed by atoms with Crippen LogP contribution in [-0.2, 0) is 20.8 Å². The molecule has 2 bridgehead atoms.